The first-order valence-corrected chi connectivity index (χ1v) is 8.64. The van der Waals surface area contributed by atoms with E-state index in [4.69, 9.17) is 17.0 Å². The Kier molecular flexibility index (Phi) is 5.48. The van der Waals surface area contributed by atoms with Gasteiger partial charge in [0.1, 0.15) is 5.75 Å². The van der Waals surface area contributed by atoms with E-state index >= 15 is 0 Å². The molecule has 3 aromatic rings. The Morgan fingerprint density at radius 2 is 2.08 bits per heavy atom. The molecule has 0 bridgehead atoms. The van der Waals surface area contributed by atoms with E-state index in [-0.39, 0.29) is 12.3 Å². The lowest BCUT2D eigenvalue weighted by atomic mass is 10.1. The molecule has 1 aromatic heterocycles. The molecule has 0 aliphatic heterocycles. The lowest BCUT2D eigenvalue weighted by molar-refractivity contribution is -0.116. The van der Waals surface area contributed by atoms with Crippen LogP contribution in [-0.4, -0.2) is 27.8 Å². The number of aryl methyl sites for hydroxylation is 1. The minimum absolute atomic E-state index is 0.100. The van der Waals surface area contributed by atoms with Gasteiger partial charge in [-0.1, -0.05) is 29.8 Å². The van der Waals surface area contributed by atoms with E-state index in [0.29, 0.717) is 22.8 Å². The summed E-state index contributed by atoms with van der Waals surface area (Å²) in [6.45, 7) is 2.46. The first-order valence-electron chi connectivity index (χ1n) is 8.23. The summed E-state index contributed by atoms with van der Waals surface area (Å²) in [7, 11) is 1.59. The van der Waals surface area contributed by atoms with Gasteiger partial charge in [-0.15, -0.1) is 0 Å². The molecule has 1 amide bonds. The maximum atomic E-state index is 12.3. The van der Waals surface area contributed by atoms with Gasteiger partial charge in [0.2, 0.25) is 5.91 Å². The third kappa shape index (κ3) is 4.18. The molecule has 2 aromatic carbocycles. The average molecular weight is 368 g/mol. The zero-order chi connectivity index (χ0) is 18.5. The van der Waals surface area contributed by atoms with Crippen molar-refractivity contribution in [1.82, 2.24) is 14.8 Å². The van der Waals surface area contributed by atoms with Crippen LogP contribution in [-0.2, 0) is 11.3 Å². The smallest absolute Gasteiger partial charge is 0.226 e. The molecule has 0 fully saturated rings. The third-order valence-corrected chi connectivity index (χ3v) is 4.26. The standard InChI is InChI=1S/C19H20N4O2S/c1-13-5-3-6-14(11-13)18-21-22-19(26)23(18)10-9-17(24)20-15-7-4-8-16(12-15)25-2/h3-8,11-12H,9-10H2,1-2H3,(H,20,24)(H,22,26). The van der Waals surface area contributed by atoms with E-state index in [1.54, 1.807) is 13.2 Å². The topological polar surface area (TPSA) is 71.9 Å². The Morgan fingerprint density at radius 1 is 1.27 bits per heavy atom. The summed E-state index contributed by atoms with van der Waals surface area (Å²) in [4.78, 5) is 12.3. The van der Waals surface area contributed by atoms with E-state index in [1.165, 1.54) is 0 Å². The molecular weight excluding hydrogens is 348 g/mol. The first kappa shape index (κ1) is 17.9. The molecule has 26 heavy (non-hydrogen) atoms. The highest BCUT2D eigenvalue weighted by Gasteiger charge is 2.11. The van der Waals surface area contributed by atoms with Crippen molar-refractivity contribution in [2.24, 2.45) is 0 Å². The van der Waals surface area contributed by atoms with Crippen LogP contribution in [0.3, 0.4) is 0 Å². The Hall–Kier alpha value is -2.93. The fourth-order valence-corrected chi connectivity index (χ4v) is 2.89. The number of anilines is 1. The molecule has 0 aliphatic carbocycles. The van der Waals surface area contributed by atoms with Gasteiger partial charge in [0, 0.05) is 30.3 Å². The second-order valence-corrected chi connectivity index (χ2v) is 6.29. The number of nitrogens with one attached hydrogen (secondary N) is 2. The van der Waals surface area contributed by atoms with E-state index < -0.39 is 0 Å². The summed E-state index contributed by atoms with van der Waals surface area (Å²) in [6, 6.07) is 15.3. The van der Waals surface area contributed by atoms with Crippen molar-refractivity contribution in [3.63, 3.8) is 0 Å². The largest absolute Gasteiger partial charge is 0.497 e. The van der Waals surface area contributed by atoms with E-state index in [2.05, 4.69) is 15.5 Å². The number of amides is 1. The Labute approximate surface area is 156 Å². The molecule has 0 aliphatic rings. The van der Waals surface area contributed by atoms with Crippen molar-refractivity contribution < 1.29 is 9.53 Å². The van der Waals surface area contributed by atoms with Crippen molar-refractivity contribution in [1.29, 1.82) is 0 Å². The van der Waals surface area contributed by atoms with Crippen LogP contribution < -0.4 is 10.1 Å². The molecule has 0 unspecified atom stereocenters. The minimum Gasteiger partial charge on any atom is -0.497 e. The van der Waals surface area contributed by atoms with Gasteiger partial charge in [0.25, 0.3) is 0 Å². The molecule has 7 heteroatoms. The second kappa shape index (κ2) is 7.97. The van der Waals surface area contributed by atoms with Gasteiger partial charge in [0.15, 0.2) is 10.6 Å². The van der Waals surface area contributed by atoms with Crippen molar-refractivity contribution in [3.8, 4) is 17.1 Å². The molecule has 0 saturated heterocycles. The van der Waals surface area contributed by atoms with E-state index in [9.17, 15) is 4.79 Å². The second-order valence-electron chi connectivity index (χ2n) is 5.90. The Morgan fingerprint density at radius 3 is 2.85 bits per heavy atom. The van der Waals surface area contributed by atoms with Crippen LogP contribution in [0.25, 0.3) is 11.4 Å². The summed E-state index contributed by atoms with van der Waals surface area (Å²) in [5, 5.41) is 9.99. The number of carbonyl (C=O) groups excluding carboxylic acids is 1. The van der Waals surface area contributed by atoms with Gasteiger partial charge in [-0.25, -0.2) is 0 Å². The number of H-pyrrole nitrogens is 1. The van der Waals surface area contributed by atoms with Crippen molar-refractivity contribution in [3.05, 3.63) is 58.9 Å². The molecule has 134 valence electrons. The van der Waals surface area contributed by atoms with Crippen molar-refractivity contribution in [2.45, 2.75) is 19.9 Å². The predicted molar refractivity (Wildman–Crippen MR) is 104 cm³/mol. The lowest BCUT2D eigenvalue weighted by Crippen LogP contribution is -2.15. The minimum atomic E-state index is -0.100. The van der Waals surface area contributed by atoms with Gasteiger partial charge in [0.05, 0.1) is 7.11 Å². The summed E-state index contributed by atoms with van der Waals surface area (Å²) in [6.07, 6.45) is 0.282. The monoisotopic (exact) mass is 368 g/mol. The summed E-state index contributed by atoms with van der Waals surface area (Å²) in [5.41, 5.74) is 2.80. The molecule has 1 heterocycles. The van der Waals surface area contributed by atoms with Gasteiger partial charge in [-0.2, -0.15) is 5.10 Å². The number of carbonyl (C=O) groups is 1. The summed E-state index contributed by atoms with van der Waals surface area (Å²) >= 11 is 5.32. The van der Waals surface area contributed by atoms with Gasteiger partial charge in [-0.05, 0) is 37.3 Å². The highest BCUT2D eigenvalue weighted by Crippen LogP contribution is 2.20. The molecule has 0 radical (unpaired) electrons. The number of nitrogens with zero attached hydrogens (tertiary/aromatic N) is 2. The fourth-order valence-electron chi connectivity index (χ4n) is 2.67. The number of ether oxygens (including phenoxy) is 1. The Bertz CT molecular complexity index is 977. The van der Waals surface area contributed by atoms with Crippen molar-refractivity contribution in [2.75, 3.05) is 12.4 Å². The normalized spacial score (nSPS) is 10.5. The number of methoxy groups -OCH3 is 1. The zero-order valence-corrected chi connectivity index (χ0v) is 15.5. The highest BCUT2D eigenvalue weighted by atomic mass is 32.1. The third-order valence-electron chi connectivity index (χ3n) is 3.95. The number of benzene rings is 2. The zero-order valence-electron chi connectivity index (χ0n) is 14.7. The molecule has 0 saturated carbocycles. The summed E-state index contributed by atoms with van der Waals surface area (Å²) < 4.78 is 7.50. The van der Waals surface area contributed by atoms with Crippen LogP contribution >= 0.6 is 12.2 Å². The molecule has 6 nitrogen and oxygen atoms in total. The van der Waals surface area contributed by atoms with Crippen LogP contribution in [0.5, 0.6) is 5.75 Å². The number of hydrogen-bond acceptors (Lipinski definition) is 4. The fraction of sp³-hybridized carbons (Fsp3) is 0.211. The number of aromatic amines is 1. The SMILES string of the molecule is COc1cccc(NC(=O)CCn2c(-c3cccc(C)c3)n[nH]c2=S)c1. The average Bonchev–Trinajstić information content (AvgIpc) is 3.01. The van der Waals surface area contributed by atoms with Crippen LogP contribution in [0.1, 0.15) is 12.0 Å². The number of rotatable bonds is 6. The summed E-state index contributed by atoms with van der Waals surface area (Å²) in [5.74, 6) is 1.33. The molecule has 2 N–H and O–H groups in total. The van der Waals surface area contributed by atoms with Gasteiger partial charge in [-0.3, -0.25) is 14.5 Å². The molecular formula is C19H20N4O2S. The number of hydrogen-bond donors (Lipinski definition) is 2. The van der Waals surface area contributed by atoms with Crippen molar-refractivity contribution >= 4 is 23.8 Å². The van der Waals surface area contributed by atoms with Gasteiger partial charge < -0.3 is 10.1 Å². The maximum Gasteiger partial charge on any atom is 0.226 e. The molecule has 0 spiro atoms. The van der Waals surface area contributed by atoms with E-state index in [1.807, 2.05) is 54.0 Å². The number of aromatic nitrogens is 3. The van der Waals surface area contributed by atoms with E-state index in [0.717, 1.165) is 17.0 Å². The molecule has 3 rings (SSSR count). The van der Waals surface area contributed by atoms with Crippen LogP contribution in [0.2, 0.25) is 0 Å². The quantitative estimate of drug-likeness (QED) is 0.646. The highest BCUT2D eigenvalue weighted by molar-refractivity contribution is 7.71. The lowest BCUT2D eigenvalue weighted by Gasteiger charge is -2.09. The molecule has 0 atom stereocenters. The Balaban J connectivity index is 1.71. The first-order chi connectivity index (χ1) is 12.6. The van der Waals surface area contributed by atoms with Crippen LogP contribution in [0.15, 0.2) is 48.5 Å². The van der Waals surface area contributed by atoms with Crippen LogP contribution in [0, 0.1) is 11.7 Å². The predicted octanol–water partition coefficient (Wildman–Crippen LogP) is 3.95. The maximum absolute atomic E-state index is 12.3. The van der Waals surface area contributed by atoms with Gasteiger partial charge >= 0.3 is 0 Å². The van der Waals surface area contributed by atoms with Crippen LogP contribution in [0.4, 0.5) is 5.69 Å².